The SMILES string of the molecule is [2H][C@@]1(n2ccc(=O)[nH]c2=O)O[C@](F)(COP(=O)(O)O)[C@@H](O)[C@H]1O. The molecule has 0 radical (unpaired) electrons. The van der Waals surface area contributed by atoms with E-state index in [0.29, 0.717) is 4.57 Å². The minimum atomic E-state index is -5.13. The zero-order valence-corrected chi connectivity index (χ0v) is 11.5. The summed E-state index contributed by atoms with van der Waals surface area (Å²) in [6, 6.07) is 0.782. The lowest BCUT2D eigenvalue weighted by molar-refractivity contribution is -0.205. The van der Waals surface area contributed by atoms with Crippen molar-refractivity contribution in [2.75, 3.05) is 6.61 Å². The van der Waals surface area contributed by atoms with Crippen LogP contribution >= 0.6 is 7.82 Å². The number of nitrogens with one attached hydrogen (secondary N) is 1. The average molecular weight is 343 g/mol. The third-order valence-electron chi connectivity index (χ3n) is 2.76. The number of phosphoric acid groups is 1. The summed E-state index contributed by atoms with van der Waals surface area (Å²) in [7, 11) is -5.13. The van der Waals surface area contributed by atoms with Gasteiger partial charge in [-0.15, -0.1) is 0 Å². The predicted octanol–water partition coefficient (Wildman–Crippen LogP) is -2.44. The Hall–Kier alpha value is -1.40. The summed E-state index contributed by atoms with van der Waals surface area (Å²) in [5.74, 6) is -3.39. The maximum absolute atomic E-state index is 14.5. The highest BCUT2D eigenvalue weighted by Crippen LogP contribution is 2.43. The van der Waals surface area contributed by atoms with Gasteiger partial charge in [-0.05, 0) is 0 Å². The van der Waals surface area contributed by atoms with Crippen LogP contribution in [0.3, 0.4) is 0 Å². The number of hydrogen-bond donors (Lipinski definition) is 5. The highest BCUT2D eigenvalue weighted by molar-refractivity contribution is 7.46. The molecule has 1 aromatic rings. The van der Waals surface area contributed by atoms with Crippen molar-refractivity contribution >= 4 is 7.82 Å². The largest absolute Gasteiger partial charge is 0.469 e. The molecule has 124 valence electrons. The fraction of sp³-hybridized carbons (Fsp3) is 0.556. The van der Waals surface area contributed by atoms with E-state index in [1.54, 1.807) is 4.98 Å². The molecule has 4 atom stereocenters. The number of aliphatic hydroxyl groups is 2. The van der Waals surface area contributed by atoms with Crippen LogP contribution in [0.15, 0.2) is 21.9 Å². The van der Waals surface area contributed by atoms with Gasteiger partial charge < -0.3 is 24.7 Å². The summed E-state index contributed by atoms with van der Waals surface area (Å²) < 4.78 is 41.7. The van der Waals surface area contributed by atoms with E-state index in [1.165, 1.54) is 0 Å². The quantitative estimate of drug-likeness (QED) is 0.372. The van der Waals surface area contributed by atoms with Crippen LogP contribution in [0.25, 0.3) is 0 Å². The van der Waals surface area contributed by atoms with Gasteiger partial charge in [0.05, 0.1) is 1.37 Å². The maximum Gasteiger partial charge on any atom is 0.469 e. The van der Waals surface area contributed by atoms with Gasteiger partial charge in [0.25, 0.3) is 11.4 Å². The molecule has 2 rings (SSSR count). The van der Waals surface area contributed by atoms with E-state index in [2.05, 4.69) is 9.26 Å². The summed E-state index contributed by atoms with van der Waals surface area (Å²) in [6.45, 7) is -1.52. The van der Waals surface area contributed by atoms with Crippen molar-refractivity contribution in [2.45, 2.75) is 24.3 Å². The molecule has 0 aliphatic carbocycles. The van der Waals surface area contributed by atoms with Gasteiger partial charge in [0.2, 0.25) is 0 Å². The fourth-order valence-corrected chi connectivity index (χ4v) is 2.08. The van der Waals surface area contributed by atoms with Crippen molar-refractivity contribution in [3.63, 3.8) is 0 Å². The molecule has 11 nitrogen and oxygen atoms in total. The number of halogens is 1. The highest BCUT2D eigenvalue weighted by atomic mass is 31.2. The van der Waals surface area contributed by atoms with Crippen molar-refractivity contribution in [2.24, 2.45) is 0 Å². The topological polar surface area (TPSA) is 171 Å². The van der Waals surface area contributed by atoms with Crippen molar-refractivity contribution in [3.8, 4) is 0 Å². The van der Waals surface area contributed by atoms with Crippen LogP contribution in [0.1, 0.15) is 7.57 Å². The van der Waals surface area contributed by atoms with Crippen LogP contribution < -0.4 is 11.2 Å². The van der Waals surface area contributed by atoms with Crippen LogP contribution in [-0.2, 0) is 13.8 Å². The molecule has 0 saturated carbocycles. The summed E-state index contributed by atoms with van der Waals surface area (Å²) in [5.41, 5.74) is -2.07. The molecule has 0 amide bonds. The Labute approximate surface area is 122 Å². The second-order valence-corrected chi connectivity index (χ2v) is 5.60. The van der Waals surface area contributed by atoms with Gasteiger partial charge >= 0.3 is 13.5 Å². The fourth-order valence-electron chi connectivity index (χ4n) is 1.73. The first-order valence-electron chi connectivity index (χ1n) is 6.17. The Morgan fingerprint density at radius 1 is 1.55 bits per heavy atom. The molecule has 1 aliphatic rings. The molecule has 1 aromatic heterocycles. The van der Waals surface area contributed by atoms with Crippen LogP contribution in [0.5, 0.6) is 0 Å². The number of aliphatic hydroxyl groups excluding tert-OH is 2. The lowest BCUT2D eigenvalue weighted by Crippen LogP contribution is -2.43. The number of nitrogens with zero attached hydrogens (tertiary/aromatic N) is 1. The first-order valence-corrected chi connectivity index (χ1v) is 7.20. The molecule has 1 saturated heterocycles. The van der Waals surface area contributed by atoms with Gasteiger partial charge in [-0.2, -0.15) is 0 Å². The van der Waals surface area contributed by atoms with Gasteiger partial charge in [-0.25, -0.2) is 13.8 Å². The zero-order chi connectivity index (χ0) is 17.6. The predicted molar refractivity (Wildman–Crippen MR) is 65.3 cm³/mol. The van der Waals surface area contributed by atoms with Gasteiger partial charge in [0.15, 0.2) is 6.20 Å². The average Bonchev–Trinajstić information content (AvgIpc) is 2.58. The van der Waals surface area contributed by atoms with Crippen molar-refractivity contribution < 1.29 is 39.6 Å². The van der Waals surface area contributed by atoms with E-state index in [1.807, 2.05) is 0 Å². The molecule has 2 heterocycles. The molecular formula is C9H12FN2O9P. The third kappa shape index (κ3) is 3.33. The third-order valence-corrected chi connectivity index (χ3v) is 3.22. The Balaban J connectivity index is 2.40. The summed E-state index contributed by atoms with van der Waals surface area (Å²) >= 11 is 0. The Bertz CT molecular complexity index is 764. The monoisotopic (exact) mass is 343 g/mol. The maximum atomic E-state index is 14.5. The van der Waals surface area contributed by atoms with E-state index in [-0.39, 0.29) is 0 Å². The highest BCUT2D eigenvalue weighted by Gasteiger charge is 2.57. The molecule has 22 heavy (non-hydrogen) atoms. The van der Waals surface area contributed by atoms with Crippen LogP contribution in [0.4, 0.5) is 4.39 Å². The number of H-pyrrole nitrogens is 1. The number of ether oxygens (including phenoxy) is 1. The summed E-state index contributed by atoms with van der Waals surface area (Å²) in [6.07, 6.45) is -6.99. The summed E-state index contributed by atoms with van der Waals surface area (Å²) in [5, 5.41) is 19.5. The van der Waals surface area contributed by atoms with E-state index in [9.17, 15) is 28.8 Å². The lowest BCUT2D eigenvalue weighted by atomic mass is 10.1. The van der Waals surface area contributed by atoms with E-state index >= 15 is 0 Å². The minimum Gasteiger partial charge on any atom is -0.385 e. The second-order valence-electron chi connectivity index (χ2n) is 4.36. The Morgan fingerprint density at radius 2 is 2.18 bits per heavy atom. The molecule has 0 spiro atoms. The Morgan fingerprint density at radius 3 is 2.73 bits per heavy atom. The van der Waals surface area contributed by atoms with Crippen molar-refractivity contribution in [1.82, 2.24) is 9.55 Å². The standard InChI is InChI=1S/C9H12FN2O9P/c10-9(3-20-22(17,18)19)6(15)5(14)7(21-9)12-2-1-4(13)11-8(12)16/h1-2,5-7,14-15H,3H2,(H,11,13,16)(H2,17,18,19)/t5-,6+,7-,9-/m1/s1/i7D. The molecule has 0 aromatic carbocycles. The number of alkyl halides is 1. The van der Waals surface area contributed by atoms with Crippen LogP contribution in [0, 0.1) is 0 Å². The number of phosphoric ester groups is 1. The second kappa shape index (κ2) is 5.66. The van der Waals surface area contributed by atoms with E-state index in [4.69, 9.17) is 11.2 Å². The smallest absolute Gasteiger partial charge is 0.385 e. The molecule has 5 N–H and O–H groups in total. The normalized spacial score (nSPS) is 36.3. The van der Waals surface area contributed by atoms with Crippen molar-refractivity contribution in [1.29, 1.82) is 0 Å². The lowest BCUT2D eigenvalue weighted by Gasteiger charge is -2.22. The van der Waals surface area contributed by atoms with Gasteiger partial charge in [0.1, 0.15) is 18.8 Å². The van der Waals surface area contributed by atoms with Crippen molar-refractivity contribution in [3.05, 3.63) is 33.1 Å². The number of rotatable bonds is 4. The molecule has 1 aliphatic heterocycles. The molecule has 13 heteroatoms. The zero-order valence-electron chi connectivity index (χ0n) is 11.6. The van der Waals surface area contributed by atoms with Crippen LogP contribution in [-0.4, -0.2) is 54.2 Å². The van der Waals surface area contributed by atoms with E-state index < -0.39 is 49.9 Å². The number of aromatic nitrogens is 2. The van der Waals surface area contributed by atoms with Gasteiger partial charge in [-0.3, -0.25) is 18.9 Å². The van der Waals surface area contributed by atoms with E-state index in [0.717, 1.165) is 12.3 Å². The Kier molecular flexibility index (Phi) is 3.99. The van der Waals surface area contributed by atoms with Gasteiger partial charge in [-0.1, -0.05) is 0 Å². The molecule has 0 unspecified atom stereocenters. The van der Waals surface area contributed by atoms with Crippen LogP contribution in [0.2, 0.25) is 0 Å². The molecule has 0 bridgehead atoms. The molecular weight excluding hydrogens is 330 g/mol. The number of hydrogen-bond acceptors (Lipinski definition) is 7. The molecule has 1 fully saturated rings. The minimum absolute atomic E-state index is 0.293. The van der Waals surface area contributed by atoms with Gasteiger partial charge in [0, 0.05) is 12.3 Å². The first kappa shape index (κ1) is 15.5. The first-order chi connectivity index (χ1) is 10.4. The number of aromatic amines is 1. The summed E-state index contributed by atoms with van der Waals surface area (Å²) in [4.78, 5) is 41.5.